The molecule has 2 aliphatic rings. The number of anilines is 1. The van der Waals surface area contributed by atoms with Gasteiger partial charge in [-0.25, -0.2) is 0 Å². The Morgan fingerprint density at radius 2 is 2.00 bits per heavy atom. The molecule has 6 nitrogen and oxygen atoms in total. The number of allylic oxidation sites excluding steroid dienone is 1. The van der Waals surface area contributed by atoms with Gasteiger partial charge in [0.15, 0.2) is 0 Å². The second kappa shape index (κ2) is 11.4. The Balaban J connectivity index is 1.54. The van der Waals surface area contributed by atoms with Crippen LogP contribution in [-0.2, 0) is 14.3 Å². The number of aryl methyl sites for hydroxylation is 1. The van der Waals surface area contributed by atoms with E-state index in [4.69, 9.17) is 4.74 Å². The molecule has 0 aliphatic carbocycles. The van der Waals surface area contributed by atoms with Crippen LogP contribution in [0.2, 0.25) is 0 Å². The Hall–Kier alpha value is -2.18. The Labute approximate surface area is 186 Å². The summed E-state index contributed by atoms with van der Waals surface area (Å²) < 4.78 is 5.17. The van der Waals surface area contributed by atoms with Crippen LogP contribution < -0.4 is 4.90 Å². The van der Waals surface area contributed by atoms with Crippen molar-refractivity contribution in [2.45, 2.75) is 33.1 Å². The fourth-order valence-electron chi connectivity index (χ4n) is 4.76. The van der Waals surface area contributed by atoms with Crippen LogP contribution in [0, 0.1) is 18.8 Å². The smallest absolute Gasteiger partial charge is 0.241 e. The van der Waals surface area contributed by atoms with Crippen LogP contribution >= 0.6 is 0 Å². The topological polar surface area (TPSA) is 53.1 Å². The number of ether oxygens (including phenoxy) is 1. The first-order valence-corrected chi connectivity index (χ1v) is 11.6. The van der Waals surface area contributed by atoms with Gasteiger partial charge in [-0.05, 0) is 69.8 Å². The fourth-order valence-corrected chi connectivity index (χ4v) is 4.76. The third-order valence-corrected chi connectivity index (χ3v) is 6.57. The van der Waals surface area contributed by atoms with E-state index in [0.29, 0.717) is 38.7 Å². The van der Waals surface area contributed by atoms with Crippen LogP contribution in [0.1, 0.15) is 31.7 Å². The molecule has 0 bridgehead atoms. The molecule has 1 fully saturated rings. The Morgan fingerprint density at radius 1 is 1.23 bits per heavy atom. The highest BCUT2D eigenvalue weighted by Gasteiger charge is 2.34. The normalized spacial score (nSPS) is 20.7. The predicted octanol–water partition coefficient (Wildman–Crippen LogP) is 3.11. The average molecular weight is 428 g/mol. The first kappa shape index (κ1) is 23.5. The summed E-state index contributed by atoms with van der Waals surface area (Å²) >= 11 is 0. The van der Waals surface area contributed by atoms with Crippen molar-refractivity contribution in [2.24, 2.45) is 11.8 Å². The van der Waals surface area contributed by atoms with E-state index in [0.717, 1.165) is 43.6 Å². The number of likely N-dealkylation sites (N-methyl/N-ethyl adjacent to an activating group) is 1. The number of piperidine rings is 1. The van der Waals surface area contributed by atoms with E-state index in [9.17, 15) is 9.59 Å². The van der Waals surface area contributed by atoms with E-state index in [1.165, 1.54) is 0 Å². The van der Waals surface area contributed by atoms with Gasteiger partial charge in [0.25, 0.3) is 0 Å². The lowest BCUT2D eigenvalue weighted by Gasteiger charge is -2.37. The lowest BCUT2D eigenvalue weighted by Crippen LogP contribution is -2.46. The first-order valence-electron chi connectivity index (χ1n) is 11.6. The highest BCUT2D eigenvalue weighted by Crippen LogP contribution is 2.30. The van der Waals surface area contributed by atoms with Gasteiger partial charge in [0.05, 0.1) is 13.2 Å². The number of carbonyl (C=O) groups excluding carboxylic acids is 2. The lowest BCUT2D eigenvalue weighted by atomic mass is 9.81. The minimum Gasteiger partial charge on any atom is -0.383 e. The summed E-state index contributed by atoms with van der Waals surface area (Å²) in [6, 6.07) is 8.11. The van der Waals surface area contributed by atoms with E-state index in [2.05, 4.69) is 23.1 Å². The highest BCUT2D eigenvalue weighted by molar-refractivity contribution is 5.94. The van der Waals surface area contributed by atoms with Crippen molar-refractivity contribution < 1.29 is 14.3 Å². The van der Waals surface area contributed by atoms with E-state index >= 15 is 0 Å². The van der Waals surface area contributed by atoms with Gasteiger partial charge < -0.3 is 14.5 Å². The molecule has 6 heteroatoms. The summed E-state index contributed by atoms with van der Waals surface area (Å²) in [7, 11) is 1.67. The van der Waals surface area contributed by atoms with Crippen LogP contribution in [0.15, 0.2) is 36.4 Å². The molecule has 2 aliphatic heterocycles. The SMILES string of the molecule is CCN(C(=O)CN1CCC([C@@H]2CC=CCN(CCOC)C2=O)CC1)c1cccc(C)c1. The van der Waals surface area contributed by atoms with Gasteiger partial charge in [-0.3, -0.25) is 14.5 Å². The molecule has 0 N–H and O–H groups in total. The number of amides is 2. The van der Waals surface area contributed by atoms with Crippen LogP contribution in [0.4, 0.5) is 5.69 Å². The zero-order valence-electron chi connectivity index (χ0n) is 19.3. The van der Waals surface area contributed by atoms with Gasteiger partial charge in [0, 0.05) is 38.3 Å². The molecule has 0 saturated carbocycles. The number of rotatable bonds is 8. The number of nitrogens with zero attached hydrogens (tertiary/aromatic N) is 3. The molecule has 1 saturated heterocycles. The average Bonchev–Trinajstić information content (AvgIpc) is 2.95. The zero-order valence-corrected chi connectivity index (χ0v) is 19.3. The van der Waals surface area contributed by atoms with Gasteiger partial charge in [-0.15, -0.1) is 0 Å². The minimum atomic E-state index is 0.0490. The van der Waals surface area contributed by atoms with Crippen molar-refractivity contribution in [1.29, 1.82) is 0 Å². The third kappa shape index (κ3) is 6.17. The van der Waals surface area contributed by atoms with Gasteiger partial charge in [0.1, 0.15) is 0 Å². The molecule has 1 aromatic carbocycles. The molecule has 0 aromatic heterocycles. The molecule has 3 rings (SSSR count). The second-order valence-electron chi connectivity index (χ2n) is 8.68. The highest BCUT2D eigenvalue weighted by atomic mass is 16.5. The van der Waals surface area contributed by atoms with E-state index < -0.39 is 0 Å². The molecule has 170 valence electrons. The van der Waals surface area contributed by atoms with Crippen molar-refractivity contribution in [1.82, 2.24) is 9.80 Å². The second-order valence-corrected chi connectivity index (χ2v) is 8.68. The summed E-state index contributed by atoms with van der Waals surface area (Å²) in [5.41, 5.74) is 2.13. The minimum absolute atomic E-state index is 0.0490. The Morgan fingerprint density at radius 3 is 2.68 bits per heavy atom. The maximum Gasteiger partial charge on any atom is 0.241 e. The van der Waals surface area contributed by atoms with Crippen molar-refractivity contribution in [3.05, 3.63) is 42.0 Å². The van der Waals surface area contributed by atoms with Crippen LogP contribution in [0.5, 0.6) is 0 Å². The third-order valence-electron chi connectivity index (χ3n) is 6.57. The number of likely N-dealkylation sites (tertiary alicyclic amines) is 1. The van der Waals surface area contributed by atoms with Crippen LogP contribution in [0.25, 0.3) is 0 Å². The number of hydrogen-bond acceptors (Lipinski definition) is 4. The van der Waals surface area contributed by atoms with E-state index in [-0.39, 0.29) is 17.7 Å². The maximum absolute atomic E-state index is 13.1. The zero-order chi connectivity index (χ0) is 22.2. The van der Waals surface area contributed by atoms with Crippen molar-refractivity contribution in [3.8, 4) is 0 Å². The van der Waals surface area contributed by atoms with Crippen molar-refractivity contribution in [2.75, 3.05) is 57.9 Å². The Kier molecular flexibility index (Phi) is 8.67. The predicted molar refractivity (Wildman–Crippen MR) is 124 cm³/mol. The number of benzene rings is 1. The molecular formula is C25H37N3O3. The molecule has 1 aromatic rings. The summed E-state index contributed by atoms with van der Waals surface area (Å²) in [5, 5.41) is 0. The van der Waals surface area contributed by atoms with Gasteiger partial charge in [0.2, 0.25) is 11.8 Å². The summed E-state index contributed by atoms with van der Waals surface area (Å²) in [5.74, 6) is 0.831. The van der Waals surface area contributed by atoms with Gasteiger partial charge >= 0.3 is 0 Å². The summed E-state index contributed by atoms with van der Waals surface area (Å²) in [6.07, 6.45) is 7.01. The van der Waals surface area contributed by atoms with Crippen molar-refractivity contribution in [3.63, 3.8) is 0 Å². The van der Waals surface area contributed by atoms with E-state index in [1.807, 2.05) is 41.8 Å². The monoisotopic (exact) mass is 427 g/mol. The standard InChI is InChI=1S/C25H37N3O3/c1-4-28(22-9-7-8-20(2)18-22)24(29)19-26-14-11-21(12-15-26)23-10-5-6-13-27(25(23)30)16-17-31-3/h5-9,18,21,23H,4,10-17,19H2,1-3H3/t23-/m0/s1. The Bertz CT molecular complexity index is 771. The molecule has 0 radical (unpaired) electrons. The van der Waals surface area contributed by atoms with E-state index in [1.54, 1.807) is 7.11 Å². The summed E-state index contributed by atoms with van der Waals surface area (Å²) in [4.78, 5) is 32.1. The molecule has 2 heterocycles. The number of hydrogen-bond donors (Lipinski definition) is 0. The molecule has 1 atom stereocenters. The summed E-state index contributed by atoms with van der Waals surface area (Å²) in [6.45, 7) is 8.81. The first-order chi connectivity index (χ1) is 15.0. The molecule has 0 spiro atoms. The van der Waals surface area contributed by atoms with Gasteiger partial charge in [-0.1, -0.05) is 24.3 Å². The maximum atomic E-state index is 13.1. The fraction of sp³-hybridized carbons (Fsp3) is 0.600. The van der Waals surface area contributed by atoms with Gasteiger partial charge in [-0.2, -0.15) is 0 Å². The number of methoxy groups -OCH3 is 1. The van der Waals surface area contributed by atoms with Crippen LogP contribution in [-0.4, -0.2) is 74.6 Å². The molecule has 0 unspecified atom stereocenters. The molecular weight excluding hydrogens is 390 g/mol. The largest absolute Gasteiger partial charge is 0.383 e. The van der Waals surface area contributed by atoms with Crippen LogP contribution in [0.3, 0.4) is 0 Å². The molecule has 2 amide bonds. The molecule has 31 heavy (non-hydrogen) atoms. The van der Waals surface area contributed by atoms with Crippen molar-refractivity contribution >= 4 is 17.5 Å². The lowest BCUT2D eigenvalue weighted by molar-refractivity contribution is -0.138. The number of carbonyl (C=O) groups is 2. The quantitative estimate of drug-likeness (QED) is 0.598.